The molecular formula is C12H14N4O4S. The van der Waals surface area contributed by atoms with Gasteiger partial charge in [0.15, 0.2) is 22.2 Å². The van der Waals surface area contributed by atoms with Crippen LogP contribution >= 0.6 is 0 Å². The number of rotatable bonds is 3. The number of nitrogens with two attached hydrogens (primary N) is 1. The van der Waals surface area contributed by atoms with Gasteiger partial charge in [-0.25, -0.2) is 8.42 Å². The molecule has 0 aliphatic carbocycles. The molecular weight excluding hydrogens is 296 g/mol. The molecule has 3 rings (SSSR count). The zero-order valence-corrected chi connectivity index (χ0v) is 12.3. The number of sulfonamides is 1. The van der Waals surface area contributed by atoms with Crippen molar-refractivity contribution in [3.05, 3.63) is 23.9 Å². The summed E-state index contributed by atoms with van der Waals surface area (Å²) in [6.07, 6.45) is 0. The molecule has 2 aromatic rings. The summed E-state index contributed by atoms with van der Waals surface area (Å²) in [4.78, 5) is -0.0253. The Kier molecular flexibility index (Phi) is 2.94. The maximum atomic E-state index is 12.4. The first-order chi connectivity index (χ1) is 9.88. The van der Waals surface area contributed by atoms with E-state index in [1.165, 1.54) is 4.68 Å². The highest BCUT2D eigenvalue weighted by Gasteiger charge is 2.25. The van der Waals surface area contributed by atoms with Gasteiger partial charge in [-0.1, -0.05) is 0 Å². The van der Waals surface area contributed by atoms with E-state index >= 15 is 0 Å². The molecule has 9 heteroatoms. The van der Waals surface area contributed by atoms with Crippen molar-refractivity contribution in [1.82, 2.24) is 9.78 Å². The monoisotopic (exact) mass is 310 g/mol. The molecule has 0 spiro atoms. The minimum Gasteiger partial charge on any atom is -0.454 e. The summed E-state index contributed by atoms with van der Waals surface area (Å²) in [6.45, 7) is 1.76. The summed E-state index contributed by atoms with van der Waals surface area (Å²) in [5.41, 5.74) is 6.50. The number of nitrogens with one attached hydrogen (secondary N) is 1. The maximum Gasteiger partial charge on any atom is 0.267 e. The Morgan fingerprint density at radius 1 is 1.33 bits per heavy atom. The summed E-state index contributed by atoms with van der Waals surface area (Å²) in [7, 11) is -2.20. The van der Waals surface area contributed by atoms with E-state index in [-0.39, 0.29) is 17.5 Å². The van der Waals surface area contributed by atoms with Gasteiger partial charge in [0.05, 0.1) is 11.4 Å². The average Bonchev–Trinajstić information content (AvgIpc) is 2.94. The van der Waals surface area contributed by atoms with Crippen molar-refractivity contribution in [1.29, 1.82) is 0 Å². The normalized spacial score (nSPS) is 13.4. The third kappa shape index (κ3) is 2.25. The van der Waals surface area contributed by atoms with Crippen molar-refractivity contribution in [3.8, 4) is 11.5 Å². The van der Waals surface area contributed by atoms with Crippen LogP contribution in [0.2, 0.25) is 0 Å². The van der Waals surface area contributed by atoms with Gasteiger partial charge in [-0.05, 0) is 19.1 Å². The molecule has 8 nitrogen and oxygen atoms in total. The van der Waals surface area contributed by atoms with Crippen molar-refractivity contribution in [2.45, 2.75) is 11.8 Å². The lowest BCUT2D eigenvalue weighted by Gasteiger charge is -2.08. The van der Waals surface area contributed by atoms with Gasteiger partial charge in [0, 0.05) is 13.1 Å². The highest BCUT2D eigenvalue weighted by atomic mass is 32.2. The highest BCUT2D eigenvalue weighted by molar-refractivity contribution is 7.93. The largest absolute Gasteiger partial charge is 0.454 e. The molecule has 0 unspecified atom stereocenters. The molecule has 112 valence electrons. The predicted octanol–water partition coefficient (Wildman–Crippen LogP) is 0.840. The molecule has 2 heterocycles. The lowest BCUT2D eigenvalue weighted by molar-refractivity contribution is 0.174. The summed E-state index contributed by atoms with van der Waals surface area (Å²) >= 11 is 0. The van der Waals surface area contributed by atoms with Crippen LogP contribution in [0.1, 0.15) is 5.69 Å². The second-order valence-corrected chi connectivity index (χ2v) is 6.22. The van der Waals surface area contributed by atoms with E-state index in [4.69, 9.17) is 15.2 Å². The number of aryl methyl sites for hydroxylation is 1. The van der Waals surface area contributed by atoms with Crippen LogP contribution in [0.15, 0.2) is 23.1 Å². The third-order valence-electron chi connectivity index (χ3n) is 3.20. The van der Waals surface area contributed by atoms with Gasteiger partial charge in [0.2, 0.25) is 6.79 Å². The molecule has 21 heavy (non-hydrogen) atoms. The van der Waals surface area contributed by atoms with Crippen molar-refractivity contribution < 1.29 is 17.9 Å². The molecule has 1 aromatic heterocycles. The molecule has 0 bridgehead atoms. The predicted molar refractivity (Wildman–Crippen MR) is 75.7 cm³/mol. The Balaban J connectivity index is 1.96. The van der Waals surface area contributed by atoms with Gasteiger partial charge < -0.3 is 15.2 Å². The lowest BCUT2D eigenvalue weighted by atomic mass is 10.3. The zero-order chi connectivity index (χ0) is 15.2. The summed E-state index contributed by atoms with van der Waals surface area (Å²) in [5.74, 6) is 1.03. The number of benzene rings is 1. The Bertz CT molecular complexity index is 813. The molecule has 1 aliphatic heterocycles. The standard InChI is InChI=1S/C12H14N4O4S/c1-7-11(12(13)14-16(7)2)21(17,18)15-8-3-4-9-10(5-8)20-6-19-9/h3-5,15H,6H2,1-2H3,(H2,13,14). The van der Waals surface area contributed by atoms with Gasteiger partial charge >= 0.3 is 0 Å². The number of nitrogen functional groups attached to an aromatic ring is 1. The van der Waals surface area contributed by atoms with Crippen LogP contribution in [0.3, 0.4) is 0 Å². The van der Waals surface area contributed by atoms with Crippen molar-refractivity contribution in [3.63, 3.8) is 0 Å². The number of nitrogens with zero attached hydrogens (tertiary/aromatic N) is 2. The minimum absolute atomic E-state index is 0.0253. The topological polar surface area (TPSA) is 108 Å². The molecule has 0 saturated heterocycles. The fourth-order valence-corrected chi connectivity index (χ4v) is 3.49. The van der Waals surface area contributed by atoms with Crippen LogP contribution < -0.4 is 19.9 Å². The van der Waals surface area contributed by atoms with Crippen molar-refractivity contribution >= 4 is 21.5 Å². The number of hydrogen-bond donors (Lipinski definition) is 2. The zero-order valence-electron chi connectivity index (χ0n) is 11.5. The number of ether oxygens (including phenoxy) is 2. The van der Waals surface area contributed by atoms with Gasteiger partial charge in [-0.2, -0.15) is 5.10 Å². The van der Waals surface area contributed by atoms with Crippen LogP contribution in [-0.4, -0.2) is 25.0 Å². The van der Waals surface area contributed by atoms with Gasteiger partial charge in [-0.3, -0.25) is 9.40 Å². The van der Waals surface area contributed by atoms with Crippen LogP contribution in [-0.2, 0) is 17.1 Å². The number of fused-ring (bicyclic) bond motifs is 1. The maximum absolute atomic E-state index is 12.4. The second kappa shape index (κ2) is 4.55. The smallest absolute Gasteiger partial charge is 0.267 e. The van der Waals surface area contributed by atoms with E-state index in [1.807, 2.05) is 0 Å². The quantitative estimate of drug-likeness (QED) is 0.869. The first-order valence-corrected chi connectivity index (χ1v) is 7.58. The van der Waals surface area contributed by atoms with Crippen LogP contribution in [0.5, 0.6) is 11.5 Å². The fraction of sp³-hybridized carbons (Fsp3) is 0.250. The van der Waals surface area contributed by atoms with Crippen LogP contribution in [0.4, 0.5) is 11.5 Å². The van der Waals surface area contributed by atoms with E-state index in [2.05, 4.69) is 9.82 Å². The van der Waals surface area contributed by atoms with E-state index < -0.39 is 10.0 Å². The van der Waals surface area contributed by atoms with E-state index in [0.29, 0.717) is 22.9 Å². The first kappa shape index (κ1) is 13.6. The summed E-state index contributed by atoms with van der Waals surface area (Å²) in [6, 6.07) is 4.79. The highest BCUT2D eigenvalue weighted by Crippen LogP contribution is 2.35. The van der Waals surface area contributed by atoms with Crippen LogP contribution in [0.25, 0.3) is 0 Å². The summed E-state index contributed by atoms with van der Waals surface area (Å²) < 4.78 is 39.2. The second-order valence-electron chi connectivity index (χ2n) is 4.60. The lowest BCUT2D eigenvalue weighted by Crippen LogP contribution is -2.15. The van der Waals surface area contributed by atoms with Gasteiger partial charge in [0.25, 0.3) is 10.0 Å². The Morgan fingerprint density at radius 2 is 2.05 bits per heavy atom. The minimum atomic E-state index is -3.83. The first-order valence-electron chi connectivity index (χ1n) is 6.10. The Morgan fingerprint density at radius 3 is 2.71 bits per heavy atom. The molecule has 0 atom stereocenters. The van der Waals surface area contributed by atoms with Gasteiger partial charge in [0.1, 0.15) is 0 Å². The van der Waals surface area contributed by atoms with E-state index in [1.54, 1.807) is 32.2 Å². The molecule has 0 amide bonds. The summed E-state index contributed by atoms with van der Waals surface area (Å²) in [5, 5.41) is 3.91. The van der Waals surface area contributed by atoms with E-state index in [0.717, 1.165) is 0 Å². The number of aromatic nitrogens is 2. The van der Waals surface area contributed by atoms with Crippen molar-refractivity contribution in [2.24, 2.45) is 7.05 Å². The number of anilines is 2. The Labute approximate surface area is 121 Å². The molecule has 0 radical (unpaired) electrons. The van der Waals surface area contributed by atoms with E-state index in [9.17, 15) is 8.42 Å². The molecule has 1 aliphatic rings. The molecule has 1 aromatic carbocycles. The fourth-order valence-electron chi connectivity index (χ4n) is 2.11. The van der Waals surface area contributed by atoms with Gasteiger partial charge in [-0.15, -0.1) is 0 Å². The van der Waals surface area contributed by atoms with Crippen LogP contribution in [0, 0.1) is 6.92 Å². The third-order valence-corrected chi connectivity index (χ3v) is 4.74. The number of hydrogen-bond acceptors (Lipinski definition) is 6. The molecule has 0 fully saturated rings. The average molecular weight is 310 g/mol. The van der Waals surface area contributed by atoms with Crippen molar-refractivity contribution in [2.75, 3.05) is 17.2 Å². The Hall–Kier alpha value is -2.42. The SMILES string of the molecule is Cc1c(S(=O)(=O)Nc2ccc3c(c2)OCO3)c(N)nn1C. The molecule has 0 saturated carbocycles. The molecule has 3 N–H and O–H groups in total.